The summed E-state index contributed by atoms with van der Waals surface area (Å²) in [6, 6.07) is 1.70. The molecule has 1 atom stereocenters. The molecule has 114 valence electrons. The lowest BCUT2D eigenvalue weighted by molar-refractivity contribution is -0.133. The van der Waals surface area contributed by atoms with Crippen molar-refractivity contribution < 1.29 is 14.1 Å². The van der Waals surface area contributed by atoms with Gasteiger partial charge in [0.2, 0.25) is 0 Å². The molecule has 0 aliphatic rings. The van der Waals surface area contributed by atoms with Gasteiger partial charge in [-0.25, -0.2) is 9.97 Å². The molecule has 9 heteroatoms. The summed E-state index contributed by atoms with van der Waals surface area (Å²) < 4.78 is 13.0. The van der Waals surface area contributed by atoms with Crippen LogP contribution < -0.4 is 0 Å². The van der Waals surface area contributed by atoms with Crippen LogP contribution in [-0.4, -0.2) is 47.6 Å². The predicted molar refractivity (Wildman–Crippen MR) is 84.4 cm³/mol. The molecule has 1 N–H and O–H groups in total. The van der Waals surface area contributed by atoms with Crippen molar-refractivity contribution in [1.82, 2.24) is 14.5 Å². The third-order valence-electron chi connectivity index (χ3n) is 2.65. The quantitative estimate of drug-likeness (QED) is 0.771. The zero-order valence-corrected chi connectivity index (χ0v) is 13.7. The van der Waals surface area contributed by atoms with Gasteiger partial charge in [0.1, 0.15) is 5.52 Å². The monoisotopic (exact) mass is 347 g/mol. The third kappa shape index (κ3) is 4.42. The van der Waals surface area contributed by atoms with Crippen molar-refractivity contribution in [2.24, 2.45) is 0 Å². The molecule has 21 heavy (non-hydrogen) atoms. The maximum atomic E-state index is 11.2. The van der Waals surface area contributed by atoms with E-state index in [1.54, 1.807) is 12.3 Å². The first kappa shape index (κ1) is 16.3. The van der Waals surface area contributed by atoms with Crippen LogP contribution in [-0.2, 0) is 22.1 Å². The molecule has 1 unspecified atom stereocenters. The summed E-state index contributed by atoms with van der Waals surface area (Å²) >= 11 is 7.04. The minimum absolute atomic E-state index is 0.0727. The fraction of sp³-hybridized carbons (Fsp3) is 0.417. The van der Waals surface area contributed by atoms with Crippen molar-refractivity contribution in [2.45, 2.75) is 18.1 Å². The molecule has 0 saturated carbocycles. The molecule has 0 radical (unpaired) electrons. The Balaban J connectivity index is 2.29. The zero-order chi connectivity index (χ0) is 15.4. The maximum absolute atomic E-state index is 11.2. The number of thioether (sulfide) groups is 1. The lowest BCUT2D eigenvalue weighted by Gasteiger charge is -2.06. The van der Waals surface area contributed by atoms with Crippen LogP contribution in [0.3, 0.4) is 0 Å². The second-order valence-corrected chi connectivity index (χ2v) is 7.29. The Kier molecular flexibility index (Phi) is 5.60. The molecule has 2 aromatic heterocycles. The maximum Gasteiger partial charge on any atom is 0.313 e. The van der Waals surface area contributed by atoms with Gasteiger partial charge >= 0.3 is 5.97 Å². The SMILES string of the molecule is CS(=O)CCCn1c(SCC(=O)O)nc2cc(Cl)cnc21. The van der Waals surface area contributed by atoms with Gasteiger partial charge in [-0.2, -0.15) is 0 Å². The number of carbonyl (C=O) groups is 1. The largest absolute Gasteiger partial charge is 0.481 e. The number of pyridine rings is 1. The molecule has 0 aliphatic carbocycles. The van der Waals surface area contributed by atoms with E-state index >= 15 is 0 Å². The molecule has 0 fully saturated rings. The Labute approximate surface area is 133 Å². The van der Waals surface area contributed by atoms with Crippen LogP contribution in [0, 0.1) is 0 Å². The lowest BCUT2D eigenvalue weighted by atomic mass is 10.4. The first-order valence-electron chi connectivity index (χ1n) is 6.14. The van der Waals surface area contributed by atoms with Gasteiger partial charge in [0, 0.05) is 35.5 Å². The Morgan fingerprint density at radius 2 is 2.33 bits per heavy atom. The minimum atomic E-state index is -0.903. The standard InChI is InChI=1S/C12H14ClN3O3S2/c1-21(19)4-2-3-16-11-9(5-8(13)6-14-11)15-12(16)20-7-10(17)18/h5-6H,2-4,7H2,1H3,(H,17,18). The lowest BCUT2D eigenvalue weighted by Crippen LogP contribution is -2.06. The van der Waals surface area contributed by atoms with Crippen LogP contribution in [0.15, 0.2) is 17.4 Å². The van der Waals surface area contributed by atoms with Gasteiger partial charge in [0.15, 0.2) is 10.8 Å². The second kappa shape index (κ2) is 7.24. The molecule has 2 heterocycles. The van der Waals surface area contributed by atoms with E-state index in [4.69, 9.17) is 16.7 Å². The summed E-state index contributed by atoms with van der Waals surface area (Å²) in [6.07, 6.45) is 3.90. The van der Waals surface area contributed by atoms with Gasteiger partial charge in [-0.15, -0.1) is 0 Å². The van der Waals surface area contributed by atoms with E-state index < -0.39 is 16.8 Å². The number of imidazole rings is 1. The van der Waals surface area contributed by atoms with Crippen LogP contribution in [0.1, 0.15) is 6.42 Å². The van der Waals surface area contributed by atoms with Crippen LogP contribution in [0.2, 0.25) is 5.02 Å². The fourth-order valence-corrected chi connectivity index (χ4v) is 3.27. The highest BCUT2D eigenvalue weighted by Gasteiger charge is 2.14. The zero-order valence-electron chi connectivity index (χ0n) is 11.3. The third-order valence-corrected chi connectivity index (χ3v) is 4.69. The average molecular weight is 348 g/mol. The highest BCUT2D eigenvalue weighted by atomic mass is 35.5. The summed E-state index contributed by atoms with van der Waals surface area (Å²) in [6.45, 7) is 0.590. The smallest absolute Gasteiger partial charge is 0.313 e. The number of aromatic nitrogens is 3. The molecule has 0 spiro atoms. The van der Waals surface area contributed by atoms with Gasteiger partial charge in [-0.05, 0) is 12.5 Å². The van der Waals surface area contributed by atoms with E-state index in [1.807, 2.05) is 4.57 Å². The van der Waals surface area contributed by atoms with Crippen molar-refractivity contribution in [1.29, 1.82) is 0 Å². The van der Waals surface area contributed by atoms with E-state index in [0.29, 0.717) is 40.1 Å². The molecule has 0 aromatic carbocycles. The number of aliphatic carboxylic acids is 1. The summed E-state index contributed by atoms with van der Waals surface area (Å²) in [5, 5.41) is 9.87. The fourth-order valence-electron chi connectivity index (χ4n) is 1.83. The van der Waals surface area contributed by atoms with E-state index in [1.165, 1.54) is 6.20 Å². The van der Waals surface area contributed by atoms with Crippen LogP contribution >= 0.6 is 23.4 Å². The molecular formula is C12H14ClN3O3S2. The van der Waals surface area contributed by atoms with Gasteiger partial charge in [-0.3, -0.25) is 9.00 Å². The van der Waals surface area contributed by atoms with Crippen molar-refractivity contribution in [3.05, 3.63) is 17.3 Å². The van der Waals surface area contributed by atoms with Crippen molar-refractivity contribution >= 4 is 51.3 Å². The van der Waals surface area contributed by atoms with Gasteiger partial charge in [0.05, 0.1) is 10.8 Å². The molecule has 0 aliphatic heterocycles. The van der Waals surface area contributed by atoms with Gasteiger partial charge in [0.25, 0.3) is 0 Å². The van der Waals surface area contributed by atoms with Crippen LogP contribution in [0.25, 0.3) is 11.2 Å². The van der Waals surface area contributed by atoms with E-state index in [0.717, 1.165) is 11.8 Å². The molecule has 2 aromatic rings. The average Bonchev–Trinajstić information content (AvgIpc) is 2.73. The van der Waals surface area contributed by atoms with E-state index in [-0.39, 0.29) is 5.75 Å². The number of carboxylic acids is 1. The number of rotatable bonds is 7. The Morgan fingerprint density at radius 3 is 3.00 bits per heavy atom. The summed E-state index contributed by atoms with van der Waals surface area (Å²) in [7, 11) is -0.858. The molecule has 0 bridgehead atoms. The Hall–Kier alpha value is -1.12. The number of carboxylic acid groups (broad SMARTS) is 1. The van der Waals surface area contributed by atoms with E-state index in [2.05, 4.69) is 9.97 Å². The van der Waals surface area contributed by atoms with Crippen molar-refractivity contribution in [3.63, 3.8) is 0 Å². The highest BCUT2D eigenvalue weighted by molar-refractivity contribution is 7.99. The Morgan fingerprint density at radius 1 is 1.57 bits per heavy atom. The van der Waals surface area contributed by atoms with Gasteiger partial charge in [-0.1, -0.05) is 23.4 Å². The molecule has 6 nitrogen and oxygen atoms in total. The number of hydrogen-bond acceptors (Lipinski definition) is 5. The molecule has 2 rings (SSSR count). The predicted octanol–water partition coefficient (Wildman–Crippen LogP) is 2.03. The van der Waals surface area contributed by atoms with Gasteiger partial charge < -0.3 is 9.67 Å². The number of hydrogen-bond donors (Lipinski definition) is 1. The van der Waals surface area contributed by atoms with E-state index in [9.17, 15) is 9.00 Å². The number of fused-ring (bicyclic) bond motifs is 1. The normalized spacial score (nSPS) is 12.7. The molecule has 0 amide bonds. The second-order valence-electron chi connectivity index (χ2n) is 4.36. The number of aryl methyl sites for hydroxylation is 1. The first-order chi connectivity index (χ1) is 9.97. The first-order valence-corrected chi connectivity index (χ1v) is 9.23. The molecular weight excluding hydrogens is 334 g/mol. The topological polar surface area (TPSA) is 85.1 Å². The summed E-state index contributed by atoms with van der Waals surface area (Å²) in [5.41, 5.74) is 1.29. The Bertz CT molecular complexity index is 690. The number of nitrogens with zero attached hydrogens (tertiary/aromatic N) is 3. The van der Waals surface area contributed by atoms with Crippen molar-refractivity contribution in [2.75, 3.05) is 17.8 Å². The number of halogens is 1. The summed E-state index contributed by atoms with van der Waals surface area (Å²) in [4.78, 5) is 19.4. The summed E-state index contributed by atoms with van der Waals surface area (Å²) in [5.74, 6) is -0.396. The van der Waals surface area contributed by atoms with Crippen LogP contribution in [0.4, 0.5) is 0 Å². The van der Waals surface area contributed by atoms with Crippen molar-refractivity contribution in [3.8, 4) is 0 Å². The highest BCUT2D eigenvalue weighted by Crippen LogP contribution is 2.24. The van der Waals surface area contributed by atoms with Crippen LogP contribution in [0.5, 0.6) is 0 Å². The minimum Gasteiger partial charge on any atom is -0.481 e. The molecule has 0 saturated heterocycles.